The molecule has 1 aliphatic heterocycles. The van der Waals surface area contributed by atoms with E-state index in [1.54, 1.807) is 6.92 Å². The van der Waals surface area contributed by atoms with Crippen molar-refractivity contribution in [2.75, 3.05) is 0 Å². The number of nitrogens with zero attached hydrogens (tertiary/aromatic N) is 2. The van der Waals surface area contributed by atoms with Crippen molar-refractivity contribution in [2.45, 2.75) is 71.5 Å². The van der Waals surface area contributed by atoms with Crippen molar-refractivity contribution in [3.05, 3.63) is 11.8 Å². The number of hydrogen-bond acceptors (Lipinski definition) is 6. The number of aromatic nitrogens is 2. The minimum Gasteiger partial charge on any atom is -0.483 e. The van der Waals surface area contributed by atoms with Gasteiger partial charge in [-0.1, -0.05) is 0 Å². The summed E-state index contributed by atoms with van der Waals surface area (Å²) in [5.41, 5.74) is 0.132. The second kappa shape index (κ2) is 8.23. The number of nitrogens with one attached hydrogen (secondary N) is 2. The first kappa shape index (κ1) is 20.1. The van der Waals surface area contributed by atoms with E-state index in [4.69, 9.17) is 14.3 Å². The van der Waals surface area contributed by atoms with Gasteiger partial charge in [-0.15, -0.1) is 10.2 Å². The first-order valence-corrected chi connectivity index (χ1v) is 8.00. The van der Waals surface area contributed by atoms with Crippen molar-refractivity contribution >= 4 is 12.4 Å². The van der Waals surface area contributed by atoms with E-state index in [2.05, 4.69) is 48.5 Å². The van der Waals surface area contributed by atoms with Crippen molar-refractivity contribution in [1.29, 1.82) is 0 Å². The van der Waals surface area contributed by atoms with Crippen LogP contribution >= 0.6 is 0 Å². The number of rotatable bonds is 4. The van der Waals surface area contributed by atoms with Gasteiger partial charge in [-0.25, -0.2) is 0 Å². The number of carbonyl (C=O) groups excluding carboxylic acids is 1. The Kier molecular flexibility index (Phi) is 6.89. The average Bonchev–Trinajstić information content (AvgIpc) is 2.79. The van der Waals surface area contributed by atoms with E-state index >= 15 is 0 Å². The zero-order chi connectivity index (χ0) is 18.4. The summed E-state index contributed by atoms with van der Waals surface area (Å²) in [5, 5.41) is 21.0. The van der Waals surface area contributed by atoms with Crippen LogP contribution in [0.5, 0.6) is 0 Å². The van der Waals surface area contributed by atoms with Crippen molar-refractivity contribution in [3.63, 3.8) is 0 Å². The Morgan fingerprint density at radius 2 is 1.88 bits per heavy atom. The van der Waals surface area contributed by atoms with Gasteiger partial charge in [0.1, 0.15) is 0 Å². The van der Waals surface area contributed by atoms with E-state index in [0.29, 0.717) is 30.7 Å². The van der Waals surface area contributed by atoms with Crippen LogP contribution in [0.1, 0.15) is 58.7 Å². The summed E-state index contributed by atoms with van der Waals surface area (Å²) >= 11 is 0. The van der Waals surface area contributed by atoms with E-state index in [1.165, 1.54) is 0 Å². The lowest BCUT2D eigenvalue weighted by Crippen LogP contribution is -2.58. The molecule has 0 unspecified atom stereocenters. The van der Waals surface area contributed by atoms with Crippen LogP contribution in [-0.2, 0) is 16.1 Å². The normalized spacial score (nSPS) is 19.0. The fourth-order valence-electron chi connectivity index (χ4n) is 3.60. The molecule has 0 radical (unpaired) electrons. The number of piperidine rings is 1. The highest BCUT2D eigenvalue weighted by atomic mass is 16.4. The van der Waals surface area contributed by atoms with Gasteiger partial charge in [-0.2, -0.15) is 0 Å². The fraction of sp³-hybridized carbons (Fsp3) is 0.750. The van der Waals surface area contributed by atoms with Crippen molar-refractivity contribution in [3.8, 4) is 0 Å². The van der Waals surface area contributed by atoms with Gasteiger partial charge < -0.3 is 20.2 Å². The van der Waals surface area contributed by atoms with Crippen LogP contribution in [0.4, 0.5) is 0 Å². The van der Waals surface area contributed by atoms with E-state index < -0.39 is 0 Å². The van der Waals surface area contributed by atoms with Crippen LogP contribution in [0.25, 0.3) is 0 Å². The molecule has 24 heavy (non-hydrogen) atoms. The quantitative estimate of drug-likeness (QED) is 0.713. The maximum Gasteiger partial charge on any atom is 0.290 e. The molecule has 0 aliphatic carbocycles. The Bertz CT molecular complexity index is 538. The average molecular weight is 340 g/mol. The zero-order valence-electron chi connectivity index (χ0n) is 15.0. The van der Waals surface area contributed by atoms with E-state index in [9.17, 15) is 4.79 Å². The second-order valence-electron chi connectivity index (χ2n) is 7.47. The molecular weight excluding hydrogens is 312 g/mol. The predicted molar refractivity (Wildman–Crippen MR) is 88.2 cm³/mol. The van der Waals surface area contributed by atoms with Crippen LogP contribution in [0.15, 0.2) is 4.42 Å². The van der Waals surface area contributed by atoms with Crippen molar-refractivity contribution in [1.82, 2.24) is 20.8 Å². The number of aryl methyl sites for hydroxylation is 1. The topological polar surface area (TPSA) is 117 Å². The summed E-state index contributed by atoms with van der Waals surface area (Å²) < 4.78 is 5.24. The smallest absolute Gasteiger partial charge is 0.290 e. The Labute approximate surface area is 142 Å². The Hall–Kier alpha value is -1.96. The summed E-state index contributed by atoms with van der Waals surface area (Å²) in [7, 11) is 0. The highest BCUT2D eigenvalue weighted by Crippen LogP contribution is 2.34. The molecule has 2 heterocycles. The van der Waals surface area contributed by atoms with Gasteiger partial charge in [0.15, 0.2) is 0 Å². The van der Waals surface area contributed by atoms with Crippen LogP contribution in [0.2, 0.25) is 0 Å². The van der Waals surface area contributed by atoms with Gasteiger partial charge in [0.05, 0.1) is 6.54 Å². The Morgan fingerprint density at radius 3 is 2.33 bits per heavy atom. The molecule has 0 aromatic carbocycles. The summed E-state index contributed by atoms with van der Waals surface area (Å²) in [6.07, 6.45) is 2.55. The molecule has 1 fully saturated rings. The molecule has 1 aromatic rings. The molecule has 0 saturated carbocycles. The third-order valence-corrected chi connectivity index (χ3v) is 3.75. The Morgan fingerprint density at radius 1 is 1.33 bits per heavy atom. The van der Waals surface area contributed by atoms with E-state index in [0.717, 1.165) is 12.8 Å². The minimum atomic E-state index is -0.250. The predicted octanol–water partition coefficient (Wildman–Crippen LogP) is 1.64. The minimum absolute atomic E-state index is 0.0457. The second-order valence-corrected chi connectivity index (χ2v) is 7.47. The lowest BCUT2D eigenvalue weighted by Gasteiger charge is -2.46. The van der Waals surface area contributed by atoms with Gasteiger partial charge in [-0.05, 0) is 46.5 Å². The lowest BCUT2D eigenvalue weighted by atomic mass is 9.74. The van der Waals surface area contributed by atoms with Crippen molar-refractivity contribution in [2.24, 2.45) is 5.92 Å². The fourth-order valence-corrected chi connectivity index (χ4v) is 3.60. The molecule has 2 rings (SSSR count). The van der Waals surface area contributed by atoms with Crippen LogP contribution in [0, 0.1) is 12.8 Å². The lowest BCUT2D eigenvalue weighted by molar-refractivity contribution is -0.123. The molecular formula is C16H28N4O4. The zero-order valence-corrected chi connectivity index (χ0v) is 15.0. The van der Waals surface area contributed by atoms with Gasteiger partial charge in [-0.3, -0.25) is 9.59 Å². The molecule has 0 spiro atoms. The number of amides is 1. The number of hydrogen-bond donors (Lipinski definition) is 3. The number of carbonyl (C=O) groups is 2. The van der Waals surface area contributed by atoms with E-state index in [-0.39, 0.29) is 23.5 Å². The van der Waals surface area contributed by atoms with Crippen LogP contribution in [0.3, 0.4) is 0 Å². The molecule has 0 atom stereocenters. The SMILES string of the molecule is Cc1nnc(CNC(=O)CC2CC(C)(C)NC(C)(C)C2)o1.O=CO. The maximum atomic E-state index is 12.1. The molecule has 1 aliphatic rings. The molecule has 1 saturated heterocycles. The third-order valence-electron chi connectivity index (χ3n) is 3.75. The first-order valence-electron chi connectivity index (χ1n) is 8.00. The summed E-state index contributed by atoms with van der Waals surface area (Å²) in [6.45, 7) is 10.6. The molecule has 8 heteroatoms. The maximum absolute atomic E-state index is 12.1. The highest BCUT2D eigenvalue weighted by Gasteiger charge is 2.38. The van der Waals surface area contributed by atoms with Gasteiger partial charge in [0, 0.05) is 24.4 Å². The van der Waals surface area contributed by atoms with Crippen LogP contribution < -0.4 is 10.6 Å². The van der Waals surface area contributed by atoms with Gasteiger partial charge in [0.2, 0.25) is 17.7 Å². The molecule has 1 amide bonds. The third kappa shape index (κ3) is 7.08. The molecule has 136 valence electrons. The molecule has 0 bridgehead atoms. The van der Waals surface area contributed by atoms with Crippen LogP contribution in [-0.4, -0.2) is 38.8 Å². The van der Waals surface area contributed by atoms with Crippen molar-refractivity contribution < 1.29 is 19.1 Å². The summed E-state index contributed by atoms with van der Waals surface area (Å²) in [6, 6.07) is 0. The highest BCUT2D eigenvalue weighted by molar-refractivity contribution is 5.76. The van der Waals surface area contributed by atoms with E-state index in [1.807, 2.05) is 0 Å². The largest absolute Gasteiger partial charge is 0.483 e. The van der Waals surface area contributed by atoms with Gasteiger partial charge >= 0.3 is 0 Å². The molecule has 8 nitrogen and oxygen atoms in total. The van der Waals surface area contributed by atoms with Gasteiger partial charge in [0.25, 0.3) is 6.47 Å². The Balaban J connectivity index is 0.000000891. The summed E-state index contributed by atoms with van der Waals surface area (Å²) in [5.74, 6) is 1.40. The molecule has 3 N–H and O–H groups in total. The summed E-state index contributed by atoms with van der Waals surface area (Å²) in [4.78, 5) is 20.5. The standard InChI is InChI=1S/C15H26N4O2.CH2O2/c1-10-17-18-13(21-10)9-16-12(20)6-11-7-14(2,3)19-15(4,5)8-11;2-1-3/h11,19H,6-9H2,1-5H3,(H,16,20);1H,(H,2,3). The monoisotopic (exact) mass is 340 g/mol. The number of carboxylic acid groups (broad SMARTS) is 1. The first-order chi connectivity index (χ1) is 11.1. The molecule has 1 aromatic heterocycles.